The quantitative estimate of drug-likeness (QED) is 0.921. The van der Waals surface area contributed by atoms with Crippen LogP contribution < -0.4 is 5.32 Å². The standard InChI is InChI=1S/C19H22N2O/c1-2-6-15(7-3-1)18-12-21(11-10-20-18)19-14-22-13-16-8-4-5-9-17(16)19/h1-9,18-20H,10-14H2/t18-,19?/m0/s1. The maximum atomic E-state index is 5.84. The van der Waals surface area contributed by atoms with Crippen LogP contribution >= 0.6 is 0 Å². The van der Waals surface area contributed by atoms with Crippen LogP contribution in [0, 0.1) is 0 Å². The fourth-order valence-corrected chi connectivity index (χ4v) is 3.63. The van der Waals surface area contributed by atoms with Gasteiger partial charge in [0.1, 0.15) is 0 Å². The van der Waals surface area contributed by atoms with E-state index in [2.05, 4.69) is 64.8 Å². The highest BCUT2D eigenvalue weighted by atomic mass is 16.5. The van der Waals surface area contributed by atoms with Crippen molar-refractivity contribution >= 4 is 0 Å². The molecule has 0 spiro atoms. The van der Waals surface area contributed by atoms with Crippen LogP contribution in [-0.4, -0.2) is 31.1 Å². The van der Waals surface area contributed by atoms with Crippen LogP contribution in [0.5, 0.6) is 0 Å². The third-order valence-corrected chi connectivity index (χ3v) is 4.80. The fourth-order valence-electron chi connectivity index (χ4n) is 3.63. The van der Waals surface area contributed by atoms with Gasteiger partial charge in [-0.1, -0.05) is 54.6 Å². The average molecular weight is 294 g/mol. The van der Waals surface area contributed by atoms with Gasteiger partial charge < -0.3 is 10.1 Å². The Morgan fingerprint density at radius 1 is 1.00 bits per heavy atom. The lowest BCUT2D eigenvalue weighted by molar-refractivity contribution is 0.0206. The minimum Gasteiger partial charge on any atom is -0.375 e. The Balaban J connectivity index is 1.56. The molecule has 22 heavy (non-hydrogen) atoms. The zero-order chi connectivity index (χ0) is 14.8. The fraction of sp³-hybridized carbons (Fsp3) is 0.368. The summed E-state index contributed by atoms with van der Waals surface area (Å²) in [6.07, 6.45) is 0. The number of piperazine rings is 1. The Hall–Kier alpha value is -1.68. The predicted molar refractivity (Wildman–Crippen MR) is 87.6 cm³/mol. The van der Waals surface area contributed by atoms with Crippen molar-refractivity contribution in [2.45, 2.75) is 18.7 Å². The highest BCUT2D eigenvalue weighted by Crippen LogP contribution is 2.31. The molecule has 2 heterocycles. The minimum absolute atomic E-state index is 0.387. The first-order chi connectivity index (χ1) is 10.9. The normalized spacial score (nSPS) is 25.6. The second-order valence-electron chi connectivity index (χ2n) is 6.14. The van der Waals surface area contributed by atoms with E-state index in [1.165, 1.54) is 16.7 Å². The van der Waals surface area contributed by atoms with Gasteiger partial charge in [0.2, 0.25) is 0 Å². The van der Waals surface area contributed by atoms with Gasteiger partial charge >= 0.3 is 0 Å². The Bertz CT molecular complexity index is 628. The highest BCUT2D eigenvalue weighted by molar-refractivity contribution is 5.31. The summed E-state index contributed by atoms with van der Waals surface area (Å²) in [6.45, 7) is 4.69. The smallest absolute Gasteiger partial charge is 0.0721 e. The molecule has 114 valence electrons. The molecule has 1 saturated heterocycles. The van der Waals surface area contributed by atoms with Crippen molar-refractivity contribution in [2.75, 3.05) is 26.2 Å². The summed E-state index contributed by atoms with van der Waals surface area (Å²) in [5.41, 5.74) is 4.16. The summed E-state index contributed by atoms with van der Waals surface area (Å²) in [6, 6.07) is 20.3. The van der Waals surface area contributed by atoms with Crippen molar-refractivity contribution in [3.05, 3.63) is 71.3 Å². The van der Waals surface area contributed by atoms with Gasteiger partial charge in [-0.3, -0.25) is 4.90 Å². The summed E-state index contributed by atoms with van der Waals surface area (Å²) < 4.78 is 5.84. The monoisotopic (exact) mass is 294 g/mol. The lowest BCUT2D eigenvalue weighted by Crippen LogP contribution is -2.48. The van der Waals surface area contributed by atoms with Crippen LogP contribution in [0.4, 0.5) is 0 Å². The summed E-state index contributed by atoms with van der Waals surface area (Å²) in [5.74, 6) is 0. The van der Waals surface area contributed by atoms with Crippen LogP contribution in [-0.2, 0) is 11.3 Å². The lowest BCUT2D eigenvalue weighted by Gasteiger charge is -2.41. The topological polar surface area (TPSA) is 24.5 Å². The zero-order valence-corrected chi connectivity index (χ0v) is 12.7. The third kappa shape index (κ3) is 2.68. The van der Waals surface area contributed by atoms with Crippen molar-refractivity contribution in [3.8, 4) is 0 Å². The molecule has 2 aromatic carbocycles. The first kappa shape index (κ1) is 13.9. The van der Waals surface area contributed by atoms with Crippen LogP contribution in [0.2, 0.25) is 0 Å². The van der Waals surface area contributed by atoms with E-state index in [0.29, 0.717) is 12.1 Å². The summed E-state index contributed by atoms with van der Waals surface area (Å²) in [7, 11) is 0. The Kier molecular flexibility index (Phi) is 3.94. The second-order valence-corrected chi connectivity index (χ2v) is 6.14. The Morgan fingerprint density at radius 3 is 2.73 bits per heavy atom. The van der Waals surface area contributed by atoms with E-state index in [4.69, 9.17) is 4.74 Å². The van der Waals surface area contributed by atoms with Crippen LogP contribution in [0.3, 0.4) is 0 Å². The van der Waals surface area contributed by atoms with Gasteiger partial charge in [-0.05, 0) is 16.7 Å². The van der Waals surface area contributed by atoms with Crippen molar-refractivity contribution in [1.82, 2.24) is 10.2 Å². The molecule has 3 heteroatoms. The largest absolute Gasteiger partial charge is 0.375 e. The number of nitrogens with zero attached hydrogens (tertiary/aromatic N) is 1. The van der Waals surface area contributed by atoms with Gasteiger partial charge in [-0.15, -0.1) is 0 Å². The van der Waals surface area contributed by atoms with Crippen LogP contribution in [0.25, 0.3) is 0 Å². The maximum Gasteiger partial charge on any atom is 0.0721 e. The number of benzene rings is 2. The van der Waals surface area contributed by atoms with Gasteiger partial charge in [0.25, 0.3) is 0 Å². The second kappa shape index (κ2) is 6.21. The van der Waals surface area contributed by atoms with E-state index < -0.39 is 0 Å². The van der Waals surface area contributed by atoms with Gasteiger partial charge in [-0.2, -0.15) is 0 Å². The molecule has 0 amide bonds. The summed E-state index contributed by atoms with van der Waals surface area (Å²) in [4.78, 5) is 2.58. The van der Waals surface area contributed by atoms with E-state index in [9.17, 15) is 0 Å². The van der Waals surface area contributed by atoms with Crippen LogP contribution in [0.1, 0.15) is 28.8 Å². The van der Waals surface area contributed by atoms with Gasteiger partial charge in [-0.25, -0.2) is 0 Å². The molecular formula is C19H22N2O. The molecule has 2 aliphatic heterocycles. The molecule has 0 aromatic heterocycles. The molecule has 2 aromatic rings. The summed E-state index contributed by atoms with van der Waals surface area (Å²) in [5, 5.41) is 3.65. The van der Waals surface area contributed by atoms with Crippen LogP contribution in [0.15, 0.2) is 54.6 Å². The number of hydrogen-bond acceptors (Lipinski definition) is 3. The zero-order valence-electron chi connectivity index (χ0n) is 12.7. The van der Waals surface area contributed by atoms with E-state index >= 15 is 0 Å². The molecule has 2 atom stereocenters. The Morgan fingerprint density at radius 2 is 1.82 bits per heavy atom. The van der Waals surface area contributed by atoms with E-state index in [1.54, 1.807) is 0 Å². The molecule has 1 fully saturated rings. The molecule has 0 aliphatic carbocycles. The molecule has 1 N–H and O–H groups in total. The van der Waals surface area contributed by atoms with Crippen molar-refractivity contribution in [1.29, 1.82) is 0 Å². The third-order valence-electron chi connectivity index (χ3n) is 4.80. The maximum absolute atomic E-state index is 5.84. The van der Waals surface area contributed by atoms with Gasteiger partial charge in [0.15, 0.2) is 0 Å². The number of fused-ring (bicyclic) bond motifs is 1. The van der Waals surface area contributed by atoms with Crippen molar-refractivity contribution in [2.24, 2.45) is 0 Å². The SMILES string of the molecule is c1ccc([C@@H]2CN(C3COCc4ccccc43)CCN2)cc1. The molecule has 1 unspecified atom stereocenters. The molecule has 0 radical (unpaired) electrons. The van der Waals surface area contributed by atoms with E-state index in [0.717, 1.165) is 32.8 Å². The number of rotatable bonds is 2. The minimum atomic E-state index is 0.387. The van der Waals surface area contributed by atoms with Crippen molar-refractivity contribution in [3.63, 3.8) is 0 Å². The van der Waals surface area contributed by atoms with Gasteiger partial charge in [0.05, 0.1) is 19.3 Å². The molecule has 4 rings (SSSR count). The number of ether oxygens (including phenoxy) is 1. The Labute approximate surface area is 131 Å². The molecule has 3 nitrogen and oxygen atoms in total. The molecule has 0 saturated carbocycles. The molecule has 0 bridgehead atoms. The van der Waals surface area contributed by atoms with E-state index in [1.807, 2.05) is 0 Å². The molecular weight excluding hydrogens is 272 g/mol. The number of hydrogen-bond donors (Lipinski definition) is 1. The lowest BCUT2D eigenvalue weighted by atomic mass is 9.95. The average Bonchev–Trinajstić information content (AvgIpc) is 2.62. The summed E-state index contributed by atoms with van der Waals surface area (Å²) >= 11 is 0. The predicted octanol–water partition coefficient (Wildman–Crippen LogP) is 2.90. The molecule has 2 aliphatic rings. The van der Waals surface area contributed by atoms with Gasteiger partial charge in [0, 0.05) is 25.7 Å². The first-order valence-electron chi connectivity index (χ1n) is 8.10. The highest BCUT2D eigenvalue weighted by Gasteiger charge is 2.30. The van der Waals surface area contributed by atoms with Crippen molar-refractivity contribution < 1.29 is 4.74 Å². The first-order valence-corrected chi connectivity index (χ1v) is 8.10. The number of nitrogens with one attached hydrogen (secondary N) is 1. The van der Waals surface area contributed by atoms with E-state index in [-0.39, 0.29) is 0 Å².